The maximum Gasteiger partial charge on any atom is 0.343 e. The van der Waals surface area contributed by atoms with Crippen LogP contribution in [0.3, 0.4) is 0 Å². The zero-order valence-corrected chi connectivity index (χ0v) is 21.1. The van der Waals surface area contributed by atoms with Crippen molar-refractivity contribution in [1.29, 1.82) is 0 Å². The van der Waals surface area contributed by atoms with Crippen LogP contribution in [0.4, 0.5) is 11.4 Å². The molecule has 0 radical (unpaired) electrons. The number of amides is 1. The number of halogens is 2. The van der Waals surface area contributed by atoms with E-state index in [-0.39, 0.29) is 42.9 Å². The molecule has 12 nitrogen and oxygen atoms in total. The number of nitrogens with zero attached hydrogens (tertiary/aromatic N) is 3. The predicted molar refractivity (Wildman–Crippen MR) is 134 cm³/mol. The lowest BCUT2D eigenvalue weighted by atomic mass is 10.2. The smallest absolute Gasteiger partial charge is 0.343 e. The van der Waals surface area contributed by atoms with Crippen molar-refractivity contribution in [1.82, 2.24) is 5.43 Å². The Hall–Kier alpha value is -4.17. The summed E-state index contributed by atoms with van der Waals surface area (Å²) < 4.78 is 11.1. The minimum Gasteiger partial charge on any atom is -0.483 e. The third-order valence-electron chi connectivity index (χ3n) is 4.35. The average Bonchev–Trinajstić information content (AvgIpc) is 2.85. The molecule has 0 fully saturated rings. The molecule has 0 aromatic heterocycles. The van der Waals surface area contributed by atoms with Gasteiger partial charge in [-0.05, 0) is 50.1 Å². The molecule has 3 rings (SSSR count). The standard InChI is InChI=1S/C22H14Br2N4O8/c23-17-9-15(27(31)32)6-7-19(17)35-12-20(29)26-25-11-14-8-16(28(33)34)10-18(24)21(14)36-22(30)13-4-2-1-3-5-13/h1-11H,12H2,(H,26,29)/b25-11+. The second-order valence-electron chi connectivity index (χ2n) is 6.81. The van der Waals surface area contributed by atoms with Crippen molar-refractivity contribution in [2.24, 2.45) is 5.10 Å². The summed E-state index contributed by atoms with van der Waals surface area (Å²) in [6.07, 6.45) is 1.07. The monoisotopic (exact) mass is 620 g/mol. The molecule has 0 saturated heterocycles. The summed E-state index contributed by atoms with van der Waals surface area (Å²) in [5.41, 5.74) is 2.02. The quantitative estimate of drug-likeness (QED) is 0.117. The summed E-state index contributed by atoms with van der Waals surface area (Å²) in [6, 6.07) is 14.2. The second-order valence-corrected chi connectivity index (χ2v) is 8.52. The van der Waals surface area contributed by atoms with Gasteiger partial charge in [0.1, 0.15) is 5.75 Å². The highest BCUT2D eigenvalue weighted by Crippen LogP contribution is 2.33. The zero-order valence-electron chi connectivity index (χ0n) is 17.9. The molecule has 0 spiro atoms. The molecule has 0 heterocycles. The lowest BCUT2D eigenvalue weighted by Crippen LogP contribution is -2.24. The predicted octanol–water partition coefficient (Wildman–Crippen LogP) is 4.78. The van der Waals surface area contributed by atoms with E-state index < -0.39 is 28.3 Å². The van der Waals surface area contributed by atoms with Crippen LogP contribution in [0.2, 0.25) is 0 Å². The Labute approximate surface area is 219 Å². The van der Waals surface area contributed by atoms with Crippen molar-refractivity contribution in [2.75, 3.05) is 6.61 Å². The molecule has 1 amide bonds. The average molecular weight is 622 g/mol. The minimum atomic E-state index is -0.703. The Morgan fingerprint density at radius 2 is 1.61 bits per heavy atom. The lowest BCUT2D eigenvalue weighted by molar-refractivity contribution is -0.385. The summed E-state index contributed by atoms with van der Waals surface area (Å²) in [5.74, 6) is -1.24. The van der Waals surface area contributed by atoms with Gasteiger partial charge in [-0.3, -0.25) is 25.0 Å². The van der Waals surface area contributed by atoms with E-state index in [1.54, 1.807) is 30.3 Å². The molecule has 1 N–H and O–H groups in total. The highest BCUT2D eigenvalue weighted by Gasteiger charge is 2.19. The van der Waals surface area contributed by atoms with E-state index in [0.29, 0.717) is 0 Å². The van der Waals surface area contributed by atoms with E-state index in [4.69, 9.17) is 9.47 Å². The number of non-ortho nitro benzene ring substituents is 2. The van der Waals surface area contributed by atoms with Gasteiger partial charge in [0.25, 0.3) is 17.3 Å². The van der Waals surface area contributed by atoms with Crippen molar-refractivity contribution in [3.63, 3.8) is 0 Å². The normalized spacial score (nSPS) is 10.6. The number of hydrogen-bond acceptors (Lipinski definition) is 9. The molecule has 0 atom stereocenters. The summed E-state index contributed by atoms with van der Waals surface area (Å²) >= 11 is 6.29. The number of carbonyl (C=O) groups is 2. The first-order valence-corrected chi connectivity index (χ1v) is 11.4. The Morgan fingerprint density at radius 1 is 0.944 bits per heavy atom. The summed E-state index contributed by atoms with van der Waals surface area (Å²) in [6.45, 7) is -0.484. The Morgan fingerprint density at radius 3 is 2.25 bits per heavy atom. The fourth-order valence-electron chi connectivity index (χ4n) is 2.70. The first-order valence-electron chi connectivity index (χ1n) is 9.79. The first-order chi connectivity index (χ1) is 17.2. The first kappa shape index (κ1) is 26.4. The highest BCUT2D eigenvalue weighted by molar-refractivity contribution is 9.11. The molecule has 0 unspecified atom stereocenters. The summed E-state index contributed by atoms with van der Waals surface area (Å²) in [5, 5.41) is 25.8. The van der Waals surface area contributed by atoms with E-state index in [1.807, 2.05) is 0 Å². The number of benzene rings is 3. The van der Waals surface area contributed by atoms with Gasteiger partial charge in [0.05, 0.1) is 30.6 Å². The lowest BCUT2D eigenvalue weighted by Gasteiger charge is -2.10. The van der Waals surface area contributed by atoms with E-state index in [1.165, 1.54) is 24.3 Å². The van der Waals surface area contributed by atoms with Crippen LogP contribution < -0.4 is 14.9 Å². The van der Waals surface area contributed by atoms with Gasteiger partial charge >= 0.3 is 5.97 Å². The van der Waals surface area contributed by atoms with Crippen molar-refractivity contribution in [2.45, 2.75) is 0 Å². The van der Waals surface area contributed by atoms with Crippen LogP contribution in [0.15, 0.2) is 74.7 Å². The zero-order chi connectivity index (χ0) is 26.2. The Balaban J connectivity index is 1.72. The molecule has 0 aliphatic rings. The van der Waals surface area contributed by atoms with Crippen LogP contribution in [0, 0.1) is 20.2 Å². The molecule has 3 aromatic rings. The number of nitro groups is 2. The van der Waals surface area contributed by atoms with Gasteiger partial charge in [0, 0.05) is 29.8 Å². The van der Waals surface area contributed by atoms with Gasteiger partial charge in [0.2, 0.25) is 0 Å². The molecule has 3 aromatic carbocycles. The van der Waals surface area contributed by atoms with Crippen LogP contribution >= 0.6 is 31.9 Å². The van der Waals surface area contributed by atoms with Crippen molar-refractivity contribution in [3.8, 4) is 11.5 Å². The number of hydrazone groups is 1. The SMILES string of the molecule is O=C(COc1ccc([N+](=O)[O-])cc1Br)N/N=C/c1cc([N+](=O)[O-])cc(Br)c1OC(=O)c1ccccc1. The van der Waals surface area contributed by atoms with Crippen LogP contribution in [-0.2, 0) is 4.79 Å². The van der Waals surface area contributed by atoms with Crippen LogP contribution in [-0.4, -0.2) is 34.5 Å². The number of esters is 1. The maximum atomic E-state index is 12.5. The largest absolute Gasteiger partial charge is 0.483 e. The van der Waals surface area contributed by atoms with Crippen LogP contribution in [0.1, 0.15) is 15.9 Å². The maximum absolute atomic E-state index is 12.5. The molecule has 0 aliphatic heterocycles. The molecule has 0 saturated carbocycles. The minimum absolute atomic E-state index is 0.0414. The molecule has 0 bridgehead atoms. The van der Waals surface area contributed by atoms with Gasteiger partial charge in [-0.15, -0.1) is 0 Å². The van der Waals surface area contributed by atoms with Gasteiger partial charge in [-0.2, -0.15) is 5.10 Å². The molecule has 184 valence electrons. The van der Waals surface area contributed by atoms with E-state index in [2.05, 4.69) is 42.4 Å². The molecule has 0 aliphatic carbocycles. The number of ether oxygens (including phenoxy) is 2. The second kappa shape index (κ2) is 12.0. The topological polar surface area (TPSA) is 163 Å². The molecular formula is C22H14Br2N4O8. The van der Waals surface area contributed by atoms with Crippen LogP contribution in [0.25, 0.3) is 0 Å². The summed E-state index contributed by atoms with van der Waals surface area (Å²) in [4.78, 5) is 45.4. The number of carbonyl (C=O) groups excluding carboxylic acids is 2. The van der Waals surface area contributed by atoms with Gasteiger partial charge in [0.15, 0.2) is 12.4 Å². The van der Waals surface area contributed by atoms with E-state index >= 15 is 0 Å². The number of hydrogen-bond donors (Lipinski definition) is 1. The van der Waals surface area contributed by atoms with Crippen molar-refractivity contribution >= 4 is 61.3 Å². The van der Waals surface area contributed by atoms with E-state index in [9.17, 15) is 29.8 Å². The van der Waals surface area contributed by atoms with Crippen LogP contribution in [0.5, 0.6) is 11.5 Å². The third-order valence-corrected chi connectivity index (χ3v) is 5.56. The Bertz CT molecular complexity index is 1370. The fraction of sp³-hybridized carbons (Fsp3) is 0.0455. The fourth-order valence-corrected chi connectivity index (χ4v) is 3.73. The van der Waals surface area contributed by atoms with E-state index in [0.717, 1.165) is 12.3 Å². The van der Waals surface area contributed by atoms with Gasteiger partial charge in [-0.25, -0.2) is 10.2 Å². The summed E-state index contributed by atoms with van der Waals surface area (Å²) in [7, 11) is 0. The van der Waals surface area contributed by atoms with Gasteiger partial charge in [-0.1, -0.05) is 18.2 Å². The highest BCUT2D eigenvalue weighted by atomic mass is 79.9. The molecule has 14 heteroatoms. The molecule has 36 heavy (non-hydrogen) atoms. The number of nitrogens with one attached hydrogen (secondary N) is 1. The Kier molecular flexibility index (Phi) is 8.81. The van der Waals surface area contributed by atoms with Crippen molar-refractivity contribution < 1.29 is 28.9 Å². The number of rotatable bonds is 9. The number of nitro benzene ring substituents is 2. The molecular weight excluding hydrogens is 608 g/mol. The van der Waals surface area contributed by atoms with Gasteiger partial charge < -0.3 is 9.47 Å². The third kappa shape index (κ3) is 6.93. The van der Waals surface area contributed by atoms with Crippen molar-refractivity contribution in [3.05, 3.63) is 101 Å².